The van der Waals surface area contributed by atoms with Gasteiger partial charge in [0, 0.05) is 39.6 Å². The van der Waals surface area contributed by atoms with Crippen LogP contribution in [-0.2, 0) is 49.2 Å². The van der Waals surface area contributed by atoms with Crippen molar-refractivity contribution in [1.82, 2.24) is 15.0 Å². The summed E-state index contributed by atoms with van der Waals surface area (Å²) in [6.07, 6.45) is 14.2. The van der Waals surface area contributed by atoms with Crippen molar-refractivity contribution in [2.75, 3.05) is 0 Å². The molecule has 0 aliphatic heterocycles. The van der Waals surface area contributed by atoms with Gasteiger partial charge < -0.3 is 0 Å². The van der Waals surface area contributed by atoms with Gasteiger partial charge in [-0.1, -0.05) is 7.43 Å². The predicted octanol–water partition coefficient (Wildman–Crippen LogP) is 7.62. The SMILES string of the molecule is C.CCC(C)c1cbccn1.CCCCCC(=O)CC(C)c1cbccn1.CCCCCC(=O)CC(O)c1cbccn1.[V].[W]. The standard InChI is InChI=1S/C13H20BNO.C12H18BNO2.C8H12BN.CH4.V.W/c1-3-4-5-6-12(16)9-11(2)13-10-14-7-8-15-13;1-2-3-4-5-10(15)8-12(16)11-9-13-6-7-14-11;1-3-7(2)8-6-9-4-5-10-8;;;/h7-8,10-11H,3-6,9H2,1-2H3;6-7,9,12,16H,2-5,8H2,1H3;4-7H,3H2,1-2H3;1H4;;. The van der Waals surface area contributed by atoms with Crippen LogP contribution in [0.1, 0.15) is 148 Å². The van der Waals surface area contributed by atoms with Crippen LogP contribution in [0.15, 0.2) is 54.4 Å². The van der Waals surface area contributed by atoms with Crippen LogP contribution in [0.4, 0.5) is 0 Å². The number of Topliss-reactive ketones (excluding diaryl/α,β-unsaturated/α-hetero) is 2. The van der Waals surface area contributed by atoms with Crippen LogP contribution < -0.4 is 0 Å². The molecule has 6 nitrogen and oxygen atoms in total. The van der Waals surface area contributed by atoms with Gasteiger partial charge >= 0.3 is 257 Å². The summed E-state index contributed by atoms with van der Waals surface area (Å²) in [7, 11) is 0. The van der Waals surface area contributed by atoms with Gasteiger partial charge in [-0.2, -0.15) is 0 Å². The molecule has 3 unspecified atom stereocenters. The fraction of sp³-hybridized carbons (Fsp3) is 0.588. The Hall–Kier alpha value is -1.39. The van der Waals surface area contributed by atoms with E-state index in [9.17, 15) is 14.7 Å². The van der Waals surface area contributed by atoms with Gasteiger partial charge in [0.25, 0.3) is 0 Å². The summed E-state index contributed by atoms with van der Waals surface area (Å²) in [5.74, 6) is 12.8. The molecule has 3 aromatic heterocycles. The molecule has 1 radical (unpaired) electrons. The van der Waals surface area contributed by atoms with Gasteiger partial charge in [-0.05, 0) is 0 Å². The van der Waals surface area contributed by atoms with E-state index in [1.54, 1.807) is 24.3 Å². The molecule has 3 atom stereocenters. The number of carbonyl (C=O) groups is 2. The Kier molecular flexibility index (Phi) is 33.3. The Morgan fingerprint density at radius 2 is 1.09 bits per heavy atom. The summed E-state index contributed by atoms with van der Waals surface area (Å²) < 4.78 is 0. The summed E-state index contributed by atoms with van der Waals surface area (Å²) in [5, 5.41) is 9.76. The van der Waals surface area contributed by atoms with Gasteiger partial charge in [-0.3, -0.25) is 0 Å². The maximum absolute atomic E-state index is 11.7. The molecular formula is C34H54B3N3O3VW. The number of rotatable bonds is 16. The first-order valence-electron chi connectivity index (χ1n) is 15.8. The van der Waals surface area contributed by atoms with Crippen LogP contribution in [0.25, 0.3) is 0 Å². The number of unbranched alkanes of at least 4 members (excludes halogenated alkanes) is 4. The summed E-state index contributed by atoms with van der Waals surface area (Å²) in [6.45, 7) is 16.5. The van der Waals surface area contributed by atoms with Crippen molar-refractivity contribution in [1.29, 1.82) is 0 Å². The number of ketones is 2. The van der Waals surface area contributed by atoms with E-state index in [1.165, 1.54) is 12.1 Å². The number of nitrogens with zero attached hydrogens (tertiary/aromatic N) is 3. The Morgan fingerprint density at radius 3 is 1.47 bits per heavy atom. The average Bonchev–Trinajstić information content (AvgIpc) is 3.02. The molecule has 3 aromatic rings. The average molecular weight is 820 g/mol. The van der Waals surface area contributed by atoms with Crippen molar-refractivity contribution >= 4 is 32.3 Å². The summed E-state index contributed by atoms with van der Waals surface area (Å²) >= 11 is 0. The quantitative estimate of drug-likeness (QED) is 0.150. The number of aromatic nitrogens is 3. The zero-order chi connectivity index (χ0) is 31.0. The molecule has 0 bridgehead atoms. The van der Waals surface area contributed by atoms with E-state index >= 15 is 0 Å². The van der Waals surface area contributed by atoms with E-state index in [2.05, 4.69) is 55.5 Å². The van der Waals surface area contributed by atoms with Crippen LogP contribution in [0.2, 0.25) is 0 Å². The fourth-order valence-electron chi connectivity index (χ4n) is 4.23. The van der Waals surface area contributed by atoms with E-state index in [4.69, 9.17) is 0 Å². The van der Waals surface area contributed by atoms with E-state index < -0.39 is 6.10 Å². The van der Waals surface area contributed by atoms with Gasteiger partial charge in [0.15, 0.2) is 0 Å². The predicted molar refractivity (Wildman–Crippen MR) is 183 cm³/mol. The molecule has 0 amide bonds. The Morgan fingerprint density at radius 1 is 0.689 bits per heavy atom. The molecule has 0 saturated carbocycles. The zero-order valence-corrected chi connectivity index (χ0v) is 31.7. The minimum Gasteiger partial charge on any atom is 0 e. The van der Waals surface area contributed by atoms with E-state index in [1.807, 2.05) is 44.8 Å². The number of aliphatic hydroxyl groups is 1. The van der Waals surface area contributed by atoms with Crippen LogP contribution in [-0.4, -0.2) is 52.4 Å². The first-order chi connectivity index (χ1) is 20.3. The Balaban J connectivity index is -0.000000583. The first-order valence-corrected chi connectivity index (χ1v) is 15.8. The molecule has 45 heavy (non-hydrogen) atoms. The number of hydrogen-bond acceptors (Lipinski definition) is 6. The second-order valence-corrected chi connectivity index (χ2v) is 10.9. The fourth-order valence-corrected chi connectivity index (χ4v) is 4.23. The normalized spacial score (nSPS) is 11.4. The maximum atomic E-state index is 11.7. The van der Waals surface area contributed by atoms with Gasteiger partial charge in [0.1, 0.15) is 0 Å². The third-order valence-corrected chi connectivity index (χ3v) is 7.10. The van der Waals surface area contributed by atoms with E-state index in [0.717, 1.165) is 50.6 Å². The molecule has 0 spiro atoms. The van der Waals surface area contributed by atoms with Gasteiger partial charge in [0.05, 0.1) is 0 Å². The van der Waals surface area contributed by atoms with Crippen molar-refractivity contribution in [2.45, 2.75) is 131 Å². The monoisotopic (exact) mass is 820 g/mol. The Bertz CT molecular complexity index is 1040. The second-order valence-electron chi connectivity index (χ2n) is 10.9. The van der Waals surface area contributed by atoms with Crippen molar-refractivity contribution < 1.29 is 54.3 Å². The smallest absolute Gasteiger partial charge is 0 e. The minimum atomic E-state index is -0.754. The van der Waals surface area contributed by atoms with Gasteiger partial charge in [-0.15, -0.1) is 0 Å². The summed E-state index contributed by atoms with van der Waals surface area (Å²) in [5.41, 5.74) is 2.79. The molecule has 3 rings (SSSR count). The number of carbonyl (C=O) groups excluding carboxylic acids is 2. The third-order valence-electron chi connectivity index (χ3n) is 7.10. The largest absolute Gasteiger partial charge is 0 e. The van der Waals surface area contributed by atoms with E-state index in [-0.39, 0.29) is 65.2 Å². The molecular weight excluding hydrogens is 766 g/mol. The van der Waals surface area contributed by atoms with Crippen LogP contribution in [0.3, 0.4) is 0 Å². The third kappa shape index (κ3) is 23.6. The van der Waals surface area contributed by atoms with Crippen LogP contribution in [0, 0.1) is 0 Å². The molecule has 0 aliphatic carbocycles. The van der Waals surface area contributed by atoms with Crippen LogP contribution >= 0.6 is 0 Å². The number of hydrogen-bond donors (Lipinski definition) is 1. The Labute approximate surface area is 302 Å². The van der Waals surface area contributed by atoms with Gasteiger partial charge in [0.2, 0.25) is 0 Å². The van der Waals surface area contributed by atoms with Crippen molar-refractivity contribution in [3.8, 4) is 0 Å². The van der Waals surface area contributed by atoms with Crippen molar-refractivity contribution in [3.63, 3.8) is 0 Å². The van der Waals surface area contributed by atoms with Crippen molar-refractivity contribution in [3.05, 3.63) is 71.4 Å². The maximum Gasteiger partial charge on any atom is 0 e. The summed E-state index contributed by atoms with van der Waals surface area (Å²) in [4.78, 5) is 35.7. The molecule has 11 heteroatoms. The summed E-state index contributed by atoms with van der Waals surface area (Å²) in [6, 6.07) is 0. The molecule has 0 aliphatic rings. The molecule has 0 aromatic carbocycles. The van der Waals surface area contributed by atoms with Crippen molar-refractivity contribution in [2.24, 2.45) is 0 Å². The van der Waals surface area contributed by atoms with E-state index in [0.29, 0.717) is 30.2 Å². The first kappa shape index (κ1) is 48.0. The second kappa shape index (κ2) is 31.2. The molecule has 0 fully saturated rings. The molecule has 1 N–H and O–H groups in total. The molecule has 243 valence electrons. The molecule has 0 saturated heterocycles. The number of aliphatic hydroxyl groups excluding tert-OH is 1. The topological polar surface area (TPSA) is 93.0 Å². The molecule has 3 heterocycles. The zero-order valence-electron chi connectivity index (χ0n) is 27.4. The minimum absolute atomic E-state index is 0. The van der Waals surface area contributed by atoms with Gasteiger partial charge in [-0.25, -0.2) is 0 Å². The van der Waals surface area contributed by atoms with Crippen LogP contribution in [0.5, 0.6) is 0 Å².